The Kier molecular flexibility index (Phi) is 5.72. The van der Waals surface area contributed by atoms with Gasteiger partial charge in [-0.15, -0.1) is 0 Å². The second kappa shape index (κ2) is 7.37. The Labute approximate surface area is 167 Å². The average molecular weight is 397 g/mol. The number of aliphatic hydroxyl groups excluding tert-OH is 3. The van der Waals surface area contributed by atoms with Gasteiger partial charge < -0.3 is 20.1 Å². The van der Waals surface area contributed by atoms with Gasteiger partial charge in [-0.05, 0) is 48.9 Å². The number of ether oxygens (including phenoxy) is 1. The number of carbonyl (C=O) groups excluding carboxylic acids is 2. The van der Waals surface area contributed by atoms with Crippen LogP contribution in [0.15, 0.2) is 0 Å². The molecule has 0 amide bonds. The Balaban J connectivity index is 2.22. The van der Waals surface area contributed by atoms with Crippen molar-refractivity contribution in [1.82, 2.24) is 0 Å². The van der Waals surface area contributed by atoms with Crippen LogP contribution in [0, 0.1) is 34.0 Å². The maximum Gasteiger partial charge on any atom is 0.332 e. The van der Waals surface area contributed by atoms with E-state index < -0.39 is 41.0 Å². The molecular weight excluding hydrogens is 360 g/mol. The Hall–Kier alpha value is -0.980. The standard InChI is InChI=1S/C22H36O6/c1-5-20(3)10-16(28-17(26)12-24)21(4)13(2)6-8-22(14(11-23)19(20)27)9-7-15(25)18(21)22/h13-14,16,18-19,23-24,27H,5-12H2,1-4H3/t13-,14?,16-,18?,19?,20+,21+,22?/m1/s1. The number of carbonyl (C=O) groups is 2. The molecule has 0 heterocycles. The number of rotatable bonds is 4. The van der Waals surface area contributed by atoms with Gasteiger partial charge in [0.05, 0.1) is 6.10 Å². The molecule has 0 saturated heterocycles. The molecule has 2 bridgehead atoms. The first-order valence-electron chi connectivity index (χ1n) is 10.7. The molecule has 0 spiro atoms. The molecule has 3 rings (SSSR count). The Morgan fingerprint density at radius 2 is 1.93 bits per heavy atom. The van der Waals surface area contributed by atoms with Crippen LogP contribution in [0.3, 0.4) is 0 Å². The van der Waals surface area contributed by atoms with E-state index in [1.807, 2.05) is 13.8 Å². The molecule has 6 heteroatoms. The molecule has 3 fully saturated rings. The van der Waals surface area contributed by atoms with Gasteiger partial charge in [0.2, 0.25) is 0 Å². The summed E-state index contributed by atoms with van der Waals surface area (Å²) in [5.74, 6) is -1.10. The van der Waals surface area contributed by atoms with E-state index in [2.05, 4.69) is 13.8 Å². The summed E-state index contributed by atoms with van der Waals surface area (Å²) in [7, 11) is 0. The zero-order valence-corrected chi connectivity index (χ0v) is 17.6. The van der Waals surface area contributed by atoms with Crippen molar-refractivity contribution in [1.29, 1.82) is 0 Å². The average Bonchev–Trinajstić information content (AvgIpc) is 3.02. The van der Waals surface area contributed by atoms with Crippen LogP contribution in [0.4, 0.5) is 0 Å². The molecule has 0 aromatic carbocycles. The fourth-order valence-electron chi connectivity index (χ4n) is 6.93. The molecule has 8 atom stereocenters. The van der Waals surface area contributed by atoms with Gasteiger partial charge in [0.1, 0.15) is 18.5 Å². The highest BCUT2D eigenvalue weighted by Crippen LogP contribution is 2.68. The van der Waals surface area contributed by atoms with Crippen molar-refractivity contribution in [3.8, 4) is 0 Å². The Morgan fingerprint density at radius 3 is 2.50 bits per heavy atom. The predicted molar refractivity (Wildman–Crippen MR) is 103 cm³/mol. The summed E-state index contributed by atoms with van der Waals surface area (Å²) >= 11 is 0. The number of hydrogen-bond acceptors (Lipinski definition) is 6. The van der Waals surface area contributed by atoms with Gasteiger partial charge >= 0.3 is 5.97 Å². The van der Waals surface area contributed by atoms with Gasteiger partial charge in [0, 0.05) is 30.3 Å². The summed E-state index contributed by atoms with van der Waals surface area (Å²) in [6.45, 7) is 7.31. The van der Waals surface area contributed by atoms with Gasteiger partial charge in [-0.1, -0.05) is 27.7 Å². The fourth-order valence-corrected chi connectivity index (χ4v) is 6.93. The minimum atomic E-state index is -0.788. The van der Waals surface area contributed by atoms with Crippen molar-refractivity contribution in [3.63, 3.8) is 0 Å². The van der Waals surface area contributed by atoms with E-state index in [9.17, 15) is 24.9 Å². The zero-order valence-electron chi connectivity index (χ0n) is 17.6. The third kappa shape index (κ3) is 2.86. The summed E-state index contributed by atoms with van der Waals surface area (Å²) in [5.41, 5.74) is -1.61. The van der Waals surface area contributed by atoms with Gasteiger partial charge in [-0.2, -0.15) is 0 Å². The van der Waals surface area contributed by atoms with E-state index in [-0.39, 0.29) is 30.1 Å². The van der Waals surface area contributed by atoms with Crippen LogP contribution in [0.1, 0.15) is 66.2 Å². The van der Waals surface area contributed by atoms with Crippen LogP contribution in [0.2, 0.25) is 0 Å². The minimum absolute atomic E-state index is 0.147. The van der Waals surface area contributed by atoms with Gasteiger partial charge in [0.15, 0.2) is 0 Å². The number of Topliss-reactive ketones (excluding diaryl/α,β-unsaturated/α-hetero) is 1. The monoisotopic (exact) mass is 396 g/mol. The van der Waals surface area contributed by atoms with E-state index in [4.69, 9.17) is 4.74 Å². The van der Waals surface area contributed by atoms with E-state index in [0.717, 1.165) is 12.8 Å². The van der Waals surface area contributed by atoms with Crippen LogP contribution < -0.4 is 0 Å². The highest BCUT2D eigenvalue weighted by atomic mass is 16.6. The molecular formula is C22H36O6. The molecule has 0 aromatic rings. The first-order valence-corrected chi connectivity index (χ1v) is 10.7. The summed E-state index contributed by atoms with van der Waals surface area (Å²) in [6, 6.07) is 0. The fraction of sp³-hybridized carbons (Fsp3) is 0.909. The number of esters is 1. The quantitative estimate of drug-likeness (QED) is 0.629. The first-order chi connectivity index (χ1) is 13.1. The SMILES string of the molecule is CC[C@@]1(C)C[C@@H](OC(=O)CO)[C@@]2(C)C3C(=O)CCC3(CC[C@H]2C)C(CO)C1O. The summed E-state index contributed by atoms with van der Waals surface area (Å²) in [6.07, 6.45) is 2.49. The smallest absolute Gasteiger partial charge is 0.332 e. The molecule has 3 aliphatic rings. The molecule has 0 radical (unpaired) electrons. The van der Waals surface area contributed by atoms with Crippen LogP contribution in [0.5, 0.6) is 0 Å². The second-order valence-corrected chi connectivity index (χ2v) is 10.0. The van der Waals surface area contributed by atoms with E-state index in [0.29, 0.717) is 25.7 Å². The van der Waals surface area contributed by atoms with Crippen LogP contribution >= 0.6 is 0 Å². The Morgan fingerprint density at radius 1 is 1.25 bits per heavy atom. The normalized spacial score (nSPS) is 48.5. The largest absolute Gasteiger partial charge is 0.460 e. The lowest BCUT2D eigenvalue weighted by Crippen LogP contribution is -2.64. The molecule has 28 heavy (non-hydrogen) atoms. The topological polar surface area (TPSA) is 104 Å². The predicted octanol–water partition coefficient (Wildman–Crippen LogP) is 2.08. The first kappa shape index (κ1) is 21.7. The summed E-state index contributed by atoms with van der Waals surface area (Å²) < 4.78 is 5.79. The van der Waals surface area contributed by atoms with Gasteiger partial charge in [-0.25, -0.2) is 4.79 Å². The number of aliphatic hydroxyl groups is 3. The Bertz CT molecular complexity index is 635. The van der Waals surface area contributed by atoms with E-state index in [1.54, 1.807) is 0 Å². The third-order valence-electron chi connectivity index (χ3n) is 9.05. The van der Waals surface area contributed by atoms with E-state index >= 15 is 0 Å². The summed E-state index contributed by atoms with van der Waals surface area (Å²) in [5, 5.41) is 31.1. The van der Waals surface area contributed by atoms with Crippen molar-refractivity contribution in [3.05, 3.63) is 0 Å². The van der Waals surface area contributed by atoms with Crippen LogP contribution in [0.25, 0.3) is 0 Å². The molecule has 0 aromatic heterocycles. The third-order valence-corrected chi connectivity index (χ3v) is 9.05. The second-order valence-electron chi connectivity index (χ2n) is 10.0. The molecule has 3 saturated carbocycles. The summed E-state index contributed by atoms with van der Waals surface area (Å²) in [4.78, 5) is 25.3. The van der Waals surface area contributed by atoms with Gasteiger partial charge in [-0.3, -0.25) is 4.79 Å². The van der Waals surface area contributed by atoms with Crippen molar-refractivity contribution in [2.45, 2.75) is 78.4 Å². The molecule has 3 N–H and O–H groups in total. The van der Waals surface area contributed by atoms with Crippen molar-refractivity contribution in [2.24, 2.45) is 34.0 Å². The van der Waals surface area contributed by atoms with E-state index in [1.165, 1.54) is 0 Å². The maximum absolute atomic E-state index is 13.2. The molecule has 3 aliphatic carbocycles. The van der Waals surface area contributed by atoms with Crippen LogP contribution in [-0.4, -0.2) is 52.5 Å². The maximum atomic E-state index is 13.2. The van der Waals surface area contributed by atoms with Crippen LogP contribution in [-0.2, 0) is 14.3 Å². The highest BCUT2D eigenvalue weighted by molar-refractivity contribution is 5.85. The molecule has 6 nitrogen and oxygen atoms in total. The number of ketones is 1. The van der Waals surface area contributed by atoms with Crippen molar-refractivity contribution < 1.29 is 29.6 Å². The molecule has 4 unspecified atom stereocenters. The zero-order chi connectivity index (χ0) is 20.9. The molecule has 160 valence electrons. The van der Waals surface area contributed by atoms with Gasteiger partial charge in [0.25, 0.3) is 0 Å². The van der Waals surface area contributed by atoms with Crippen molar-refractivity contribution >= 4 is 11.8 Å². The lowest BCUT2D eigenvalue weighted by atomic mass is 9.43. The lowest BCUT2D eigenvalue weighted by Gasteiger charge is -2.62. The van der Waals surface area contributed by atoms with Crippen molar-refractivity contribution in [2.75, 3.05) is 13.2 Å². The lowest BCUT2D eigenvalue weighted by molar-refractivity contribution is -0.219. The minimum Gasteiger partial charge on any atom is -0.460 e. The number of hydrogen-bond donors (Lipinski definition) is 3. The highest BCUT2D eigenvalue weighted by Gasteiger charge is 2.69. The molecule has 0 aliphatic heterocycles.